The molecule has 0 radical (unpaired) electrons. The third-order valence-corrected chi connectivity index (χ3v) is 5.11. The van der Waals surface area contributed by atoms with Gasteiger partial charge in [-0.05, 0) is 66.8 Å². The zero-order chi connectivity index (χ0) is 22.1. The summed E-state index contributed by atoms with van der Waals surface area (Å²) in [5.41, 5.74) is 2.20. The molecule has 8 heteroatoms. The van der Waals surface area contributed by atoms with Crippen molar-refractivity contribution in [2.45, 2.75) is 58.9 Å². The molecule has 2 aromatic heterocycles. The van der Waals surface area contributed by atoms with E-state index in [-0.39, 0.29) is 11.5 Å². The highest BCUT2D eigenvalue weighted by Gasteiger charge is 2.16. The first-order chi connectivity index (χ1) is 15.1. The molecule has 3 aromatic rings. The molecule has 164 valence electrons. The average molecular weight is 424 g/mol. The van der Waals surface area contributed by atoms with Crippen molar-refractivity contribution in [2.75, 3.05) is 6.61 Å². The highest BCUT2D eigenvalue weighted by Crippen LogP contribution is 2.33. The predicted molar refractivity (Wildman–Crippen MR) is 116 cm³/mol. The number of benzene rings is 1. The van der Waals surface area contributed by atoms with Gasteiger partial charge in [-0.15, -0.1) is 5.10 Å². The van der Waals surface area contributed by atoms with Crippen LogP contribution in [0, 0.1) is 0 Å². The molecular formula is C23H29N5O3. The lowest BCUT2D eigenvalue weighted by Gasteiger charge is -2.14. The second kappa shape index (κ2) is 11.2. The van der Waals surface area contributed by atoms with Crippen LogP contribution in [-0.2, 0) is 25.8 Å². The van der Waals surface area contributed by atoms with Gasteiger partial charge in [-0.2, -0.15) is 0 Å². The number of unbranched alkanes of at least 4 members (excludes halogenated alkanes) is 1. The number of nitrogens with zero attached hydrogens (tertiary/aromatic N) is 5. The first-order valence-corrected chi connectivity index (χ1v) is 10.7. The van der Waals surface area contributed by atoms with Crippen molar-refractivity contribution in [3.63, 3.8) is 0 Å². The standard InChI is InChI=1S/C23H29N5O3/c1-3-7-20-21(11-10-19(17(2)29)23(20)30)31-15-5-4-9-22-25-26-27-28(22)14-12-18-8-6-13-24-16-18/h6,8,10-11,13,16,30H,3-5,7,9,12,14-15H2,1-2H3. The largest absolute Gasteiger partial charge is 0.507 e. The van der Waals surface area contributed by atoms with Crippen molar-refractivity contribution in [2.24, 2.45) is 0 Å². The number of aromatic hydroxyl groups is 1. The Morgan fingerprint density at radius 3 is 2.77 bits per heavy atom. The molecule has 0 aliphatic heterocycles. The third kappa shape index (κ3) is 6.10. The van der Waals surface area contributed by atoms with E-state index in [0.717, 1.165) is 43.5 Å². The molecule has 0 fully saturated rings. The number of pyridine rings is 1. The number of carbonyl (C=O) groups excluding carboxylic acids is 1. The molecule has 0 spiro atoms. The second-order valence-corrected chi connectivity index (χ2v) is 7.48. The summed E-state index contributed by atoms with van der Waals surface area (Å²) in [7, 11) is 0. The molecule has 31 heavy (non-hydrogen) atoms. The minimum Gasteiger partial charge on any atom is -0.507 e. The summed E-state index contributed by atoms with van der Waals surface area (Å²) in [5.74, 6) is 1.40. The fourth-order valence-corrected chi connectivity index (χ4v) is 3.45. The molecule has 1 aromatic carbocycles. The maximum Gasteiger partial charge on any atom is 0.163 e. The van der Waals surface area contributed by atoms with E-state index in [2.05, 4.69) is 20.5 Å². The van der Waals surface area contributed by atoms with E-state index in [9.17, 15) is 9.90 Å². The van der Waals surface area contributed by atoms with Gasteiger partial charge in [-0.3, -0.25) is 9.78 Å². The van der Waals surface area contributed by atoms with Gasteiger partial charge < -0.3 is 9.84 Å². The van der Waals surface area contributed by atoms with Crippen LogP contribution in [0.1, 0.15) is 60.4 Å². The maximum absolute atomic E-state index is 11.7. The Labute approximate surface area is 182 Å². The van der Waals surface area contributed by atoms with E-state index < -0.39 is 0 Å². The number of aromatic nitrogens is 5. The van der Waals surface area contributed by atoms with Crippen molar-refractivity contribution in [1.82, 2.24) is 25.2 Å². The summed E-state index contributed by atoms with van der Waals surface area (Å²) in [6.45, 7) is 4.72. The Kier molecular flexibility index (Phi) is 8.09. The van der Waals surface area contributed by atoms with Crippen molar-refractivity contribution in [3.05, 3.63) is 59.2 Å². The number of rotatable bonds is 12. The summed E-state index contributed by atoms with van der Waals surface area (Å²) in [5, 5.41) is 22.5. The Bertz CT molecular complexity index is 988. The summed E-state index contributed by atoms with van der Waals surface area (Å²) < 4.78 is 7.76. The van der Waals surface area contributed by atoms with Crippen molar-refractivity contribution >= 4 is 5.78 Å². The van der Waals surface area contributed by atoms with E-state index in [0.29, 0.717) is 36.4 Å². The molecule has 8 nitrogen and oxygen atoms in total. The van der Waals surface area contributed by atoms with E-state index >= 15 is 0 Å². The van der Waals surface area contributed by atoms with Crippen LogP contribution >= 0.6 is 0 Å². The van der Waals surface area contributed by atoms with Crippen molar-refractivity contribution in [3.8, 4) is 11.5 Å². The zero-order valence-corrected chi connectivity index (χ0v) is 18.1. The second-order valence-electron chi connectivity index (χ2n) is 7.48. The van der Waals surface area contributed by atoms with Crippen LogP contribution < -0.4 is 4.74 Å². The number of tetrazole rings is 1. The summed E-state index contributed by atoms with van der Waals surface area (Å²) in [6.07, 6.45) is 8.44. The van der Waals surface area contributed by atoms with Gasteiger partial charge in [-0.1, -0.05) is 19.4 Å². The van der Waals surface area contributed by atoms with Crippen LogP contribution in [0.4, 0.5) is 0 Å². The molecular weight excluding hydrogens is 394 g/mol. The molecule has 0 aliphatic rings. The van der Waals surface area contributed by atoms with Gasteiger partial charge in [0.2, 0.25) is 0 Å². The SMILES string of the molecule is CCCc1c(OCCCCc2nnnn2CCc2cccnc2)ccc(C(C)=O)c1O. The van der Waals surface area contributed by atoms with Crippen molar-refractivity contribution in [1.29, 1.82) is 0 Å². The Morgan fingerprint density at radius 1 is 1.16 bits per heavy atom. The van der Waals surface area contributed by atoms with Gasteiger partial charge in [-0.25, -0.2) is 4.68 Å². The van der Waals surface area contributed by atoms with Crippen LogP contribution in [0.25, 0.3) is 0 Å². The Balaban J connectivity index is 1.48. The minimum absolute atomic E-state index is 0.0413. The number of phenols is 1. The molecule has 0 bridgehead atoms. The highest BCUT2D eigenvalue weighted by atomic mass is 16.5. The van der Waals surface area contributed by atoms with E-state index in [1.54, 1.807) is 18.3 Å². The lowest BCUT2D eigenvalue weighted by atomic mass is 10.0. The van der Waals surface area contributed by atoms with Crippen LogP contribution in [0.3, 0.4) is 0 Å². The molecule has 0 aliphatic carbocycles. The fraction of sp³-hybridized carbons (Fsp3) is 0.435. The molecule has 0 saturated carbocycles. The zero-order valence-electron chi connectivity index (χ0n) is 18.1. The number of ketones is 1. The van der Waals surface area contributed by atoms with E-state index in [4.69, 9.17) is 4.74 Å². The van der Waals surface area contributed by atoms with E-state index in [1.807, 2.05) is 29.9 Å². The molecule has 3 rings (SSSR count). The average Bonchev–Trinajstić information content (AvgIpc) is 3.22. The number of hydrogen-bond donors (Lipinski definition) is 1. The summed E-state index contributed by atoms with van der Waals surface area (Å²) in [6, 6.07) is 7.38. The molecule has 0 atom stereocenters. The van der Waals surface area contributed by atoms with Crippen LogP contribution in [0.2, 0.25) is 0 Å². The maximum atomic E-state index is 11.7. The number of Topliss-reactive ketones (excluding diaryl/α,β-unsaturated/α-hetero) is 1. The fourth-order valence-electron chi connectivity index (χ4n) is 3.45. The summed E-state index contributed by atoms with van der Waals surface area (Å²) in [4.78, 5) is 15.8. The third-order valence-electron chi connectivity index (χ3n) is 5.11. The number of phenolic OH excluding ortho intramolecular Hbond substituents is 1. The van der Waals surface area contributed by atoms with Gasteiger partial charge in [0.15, 0.2) is 11.6 Å². The normalized spacial score (nSPS) is 10.9. The minimum atomic E-state index is -0.150. The van der Waals surface area contributed by atoms with Crippen molar-refractivity contribution < 1.29 is 14.6 Å². The van der Waals surface area contributed by atoms with Gasteiger partial charge in [0.1, 0.15) is 11.5 Å². The smallest absolute Gasteiger partial charge is 0.163 e. The summed E-state index contributed by atoms with van der Waals surface area (Å²) >= 11 is 0. The molecule has 0 unspecified atom stereocenters. The van der Waals surface area contributed by atoms with Gasteiger partial charge >= 0.3 is 0 Å². The number of aryl methyl sites for hydroxylation is 3. The van der Waals surface area contributed by atoms with Gasteiger partial charge in [0, 0.05) is 30.9 Å². The number of hydrogen-bond acceptors (Lipinski definition) is 7. The van der Waals surface area contributed by atoms with Gasteiger partial charge in [0.05, 0.1) is 12.2 Å². The monoisotopic (exact) mass is 423 g/mol. The van der Waals surface area contributed by atoms with Crippen LogP contribution in [0.5, 0.6) is 11.5 Å². The quantitative estimate of drug-likeness (QED) is 0.351. The van der Waals surface area contributed by atoms with E-state index in [1.165, 1.54) is 6.92 Å². The molecule has 0 amide bonds. The highest BCUT2D eigenvalue weighted by molar-refractivity contribution is 5.97. The number of carbonyl (C=O) groups is 1. The predicted octanol–water partition coefficient (Wildman–Crippen LogP) is 3.57. The first-order valence-electron chi connectivity index (χ1n) is 10.7. The van der Waals surface area contributed by atoms with Crippen LogP contribution in [-0.4, -0.2) is 42.7 Å². The van der Waals surface area contributed by atoms with Gasteiger partial charge in [0.25, 0.3) is 0 Å². The number of ether oxygens (including phenoxy) is 1. The Hall–Kier alpha value is -3.29. The molecule has 1 N–H and O–H groups in total. The Morgan fingerprint density at radius 2 is 2.03 bits per heavy atom. The lowest BCUT2D eigenvalue weighted by Crippen LogP contribution is -2.09. The molecule has 0 saturated heterocycles. The first kappa shape index (κ1) is 22.4. The molecule has 2 heterocycles. The topological polar surface area (TPSA) is 103 Å². The lowest BCUT2D eigenvalue weighted by molar-refractivity contribution is 0.101. The van der Waals surface area contributed by atoms with Crippen LogP contribution in [0.15, 0.2) is 36.7 Å².